The number of hydrogen-bond acceptors (Lipinski definition) is 4. The Labute approximate surface area is 139 Å². The lowest BCUT2D eigenvalue weighted by Gasteiger charge is -2.11. The molecular formula is C16H18Cl2O4. The summed E-state index contributed by atoms with van der Waals surface area (Å²) in [4.78, 5) is 0. The smallest absolute Gasteiger partial charge is 0.120 e. The van der Waals surface area contributed by atoms with Gasteiger partial charge >= 0.3 is 0 Å². The van der Waals surface area contributed by atoms with Crippen LogP contribution in [0, 0.1) is 0 Å². The van der Waals surface area contributed by atoms with Gasteiger partial charge in [-0.15, -0.1) is 23.2 Å². The number of benzene rings is 2. The van der Waals surface area contributed by atoms with Gasteiger partial charge in [0.05, 0.1) is 24.0 Å². The average molecular weight is 345 g/mol. The molecule has 2 atom stereocenters. The molecule has 2 aromatic carbocycles. The number of ether oxygens (including phenoxy) is 2. The quantitative estimate of drug-likeness (QED) is 0.723. The zero-order valence-electron chi connectivity index (χ0n) is 11.9. The largest absolute Gasteiger partial charge is 0.492 e. The average Bonchev–Trinajstić information content (AvgIpc) is 2.57. The second kappa shape index (κ2) is 8.44. The highest BCUT2D eigenvalue weighted by Crippen LogP contribution is 2.25. The molecule has 6 heteroatoms. The fraction of sp³-hybridized carbons (Fsp3) is 0.375. The van der Waals surface area contributed by atoms with E-state index in [0.29, 0.717) is 11.5 Å². The Kier molecular flexibility index (Phi) is 6.58. The highest BCUT2D eigenvalue weighted by Gasteiger charge is 2.06. The summed E-state index contributed by atoms with van der Waals surface area (Å²) >= 11 is 11.6. The maximum Gasteiger partial charge on any atom is 0.120 e. The van der Waals surface area contributed by atoms with E-state index < -0.39 is 10.8 Å². The number of aliphatic hydroxyl groups excluding tert-OH is 2. The number of alkyl halides is 2. The van der Waals surface area contributed by atoms with E-state index >= 15 is 0 Å². The van der Waals surface area contributed by atoms with E-state index in [9.17, 15) is 0 Å². The van der Waals surface area contributed by atoms with Gasteiger partial charge in [0.2, 0.25) is 0 Å². The lowest BCUT2D eigenvalue weighted by Crippen LogP contribution is -2.15. The van der Waals surface area contributed by atoms with Crippen LogP contribution in [0.25, 0.3) is 10.8 Å². The van der Waals surface area contributed by atoms with Crippen LogP contribution < -0.4 is 9.47 Å². The Morgan fingerprint density at radius 3 is 1.55 bits per heavy atom. The summed E-state index contributed by atoms with van der Waals surface area (Å²) in [5.41, 5.74) is 0. The molecule has 120 valence electrons. The summed E-state index contributed by atoms with van der Waals surface area (Å²) < 4.78 is 11.0. The van der Waals surface area contributed by atoms with Gasteiger partial charge in [0.1, 0.15) is 24.7 Å². The summed E-state index contributed by atoms with van der Waals surface area (Å²) in [5, 5.41) is 18.9. The van der Waals surface area contributed by atoms with E-state index in [1.807, 2.05) is 36.4 Å². The van der Waals surface area contributed by atoms with Crippen molar-refractivity contribution in [3.05, 3.63) is 36.4 Å². The van der Waals surface area contributed by atoms with E-state index in [4.69, 9.17) is 42.9 Å². The minimum absolute atomic E-state index is 0.120. The van der Waals surface area contributed by atoms with Crippen LogP contribution in [0.4, 0.5) is 0 Å². The first-order valence-corrected chi connectivity index (χ1v) is 7.79. The van der Waals surface area contributed by atoms with Gasteiger partial charge in [0.25, 0.3) is 0 Å². The van der Waals surface area contributed by atoms with Gasteiger partial charge in [-0.25, -0.2) is 0 Å². The molecule has 2 N–H and O–H groups in total. The molecule has 22 heavy (non-hydrogen) atoms. The van der Waals surface area contributed by atoms with Crippen LogP contribution >= 0.6 is 23.2 Å². The van der Waals surface area contributed by atoms with Crippen LogP contribution in [0.5, 0.6) is 11.5 Å². The van der Waals surface area contributed by atoms with Gasteiger partial charge in [-0.2, -0.15) is 0 Å². The van der Waals surface area contributed by atoms with Crippen LogP contribution in [-0.2, 0) is 0 Å². The van der Waals surface area contributed by atoms with E-state index in [1.54, 1.807) is 0 Å². The number of hydrogen-bond donors (Lipinski definition) is 2. The molecule has 0 fully saturated rings. The van der Waals surface area contributed by atoms with Crippen LogP contribution in [0.2, 0.25) is 0 Å². The molecule has 0 spiro atoms. The van der Waals surface area contributed by atoms with Crippen LogP contribution in [-0.4, -0.2) is 47.4 Å². The monoisotopic (exact) mass is 344 g/mol. The molecule has 2 rings (SSSR count). The first-order valence-electron chi connectivity index (χ1n) is 6.91. The molecule has 0 aliphatic rings. The fourth-order valence-electron chi connectivity index (χ4n) is 1.86. The van der Waals surface area contributed by atoms with E-state index in [1.165, 1.54) is 0 Å². The van der Waals surface area contributed by atoms with Gasteiger partial charge < -0.3 is 19.7 Å². The van der Waals surface area contributed by atoms with Crippen LogP contribution in [0.15, 0.2) is 36.4 Å². The third-order valence-corrected chi connectivity index (χ3v) is 3.57. The molecule has 0 aliphatic carbocycles. The molecule has 0 radical (unpaired) electrons. The zero-order chi connectivity index (χ0) is 15.9. The molecule has 2 unspecified atom stereocenters. The predicted molar refractivity (Wildman–Crippen MR) is 88.4 cm³/mol. The summed E-state index contributed by atoms with van der Waals surface area (Å²) in [6, 6.07) is 11.3. The van der Waals surface area contributed by atoms with Gasteiger partial charge in [0.15, 0.2) is 0 Å². The Bertz CT molecular complexity index is 552. The number of halogens is 2. The van der Waals surface area contributed by atoms with Crippen molar-refractivity contribution in [1.82, 2.24) is 0 Å². The zero-order valence-corrected chi connectivity index (χ0v) is 13.4. The van der Waals surface area contributed by atoms with Crippen LogP contribution in [0.3, 0.4) is 0 Å². The van der Waals surface area contributed by atoms with Crippen molar-refractivity contribution < 1.29 is 19.7 Å². The molecule has 0 aromatic heterocycles. The van der Waals surface area contributed by atoms with Crippen molar-refractivity contribution >= 4 is 34.0 Å². The van der Waals surface area contributed by atoms with E-state index in [-0.39, 0.29) is 26.4 Å². The SMILES string of the molecule is OCC(Cl)COc1ccc2cc(OCC(Cl)CO)ccc2c1. The molecule has 2 aromatic rings. The van der Waals surface area contributed by atoms with Gasteiger partial charge in [-0.1, -0.05) is 12.1 Å². The number of aliphatic hydroxyl groups is 2. The molecule has 0 aliphatic heterocycles. The first-order chi connectivity index (χ1) is 10.6. The van der Waals surface area contributed by atoms with Crippen molar-refractivity contribution in [3.8, 4) is 11.5 Å². The van der Waals surface area contributed by atoms with Crippen molar-refractivity contribution in [1.29, 1.82) is 0 Å². The van der Waals surface area contributed by atoms with Gasteiger partial charge in [-0.05, 0) is 35.0 Å². The normalized spacial score (nSPS) is 13.8. The Hall–Kier alpha value is -1.20. The second-order valence-corrected chi connectivity index (χ2v) is 6.09. The maximum atomic E-state index is 8.87. The Balaban J connectivity index is 2.05. The van der Waals surface area contributed by atoms with Crippen molar-refractivity contribution in [3.63, 3.8) is 0 Å². The topological polar surface area (TPSA) is 58.9 Å². The van der Waals surface area contributed by atoms with E-state index in [0.717, 1.165) is 10.8 Å². The van der Waals surface area contributed by atoms with Crippen LogP contribution in [0.1, 0.15) is 0 Å². The Morgan fingerprint density at radius 2 is 1.18 bits per heavy atom. The second-order valence-electron chi connectivity index (χ2n) is 4.85. The van der Waals surface area contributed by atoms with Crippen molar-refractivity contribution in [2.24, 2.45) is 0 Å². The molecular weight excluding hydrogens is 327 g/mol. The lowest BCUT2D eigenvalue weighted by molar-refractivity contribution is 0.237. The number of rotatable bonds is 8. The molecule has 0 bridgehead atoms. The molecule has 0 amide bonds. The highest BCUT2D eigenvalue weighted by molar-refractivity contribution is 6.21. The number of fused-ring (bicyclic) bond motifs is 1. The molecule has 4 nitrogen and oxygen atoms in total. The van der Waals surface area contributed by atoms with E-state index in [2.05, 4.69) is 0 Å². The highest BCUT2D eigenvalue weighted by atomic mass is 35.5. The predicted octanol–water partition coefficient (Wildman–Crippen LogP) is 2.80. The third kappa shape index (κ3) is 4.92. The Morgan fingerprint density at radius 1 is 0.773 bits per heavy atom. The summed E-state index contributed by atoms with van der Waals surface area (Å²) in [7, 11) is 0. The fourth-order valence-corrected chi connectivity index (χ4v) is 1.99. The van der Waals surface area contributed by atoms with Gasteiger partial charge in [-0.3, -0.25) is 0 Å². The summed E-state index contributed by atoms with van der Waals surface area (Å²) in [6.07, 6.45) is 0. The standard InChI is InChI=1S/C16H18Cl2O4/c17-13(7-19)9-21-15-3-1-11-5-16(4-2-12(11)6-15)22-10-14(18)8-20/h1-6,13-14,19-20H,7-10H2. The minimum atomic E-state index is -0.415. The maximum absolute atomic E-state index is 8.87. The summed E-state index contributed by atoms with van der Waals surface area (Å²) in [5.74, 6) is 1.39. The van der Waals surface area contributed by atoms with Gasteiger partial charge in [0, 0.05) is 0 Å². The third-order valence-electron chi connectivity index (χ3n) is 3.04. The molecule has 0 saturated heterocycles. The summed E-state index contributed by atoms with van der Waals surface area (Å²) in [6.45, 7) is 0.266. The van der Waals surface area contributed by atoms with Crippen molar-refractivity contribution in [2.45, 2.75) is 10.8 Å². The molecule has 0 saturated carbocycles. The molecule has 0 heterocycles. The van der Waals surface area contributed by atoms with Crippen molar-refractivity contribution in [2.75, 3.05) is 26.4 Å². The lowest BCUT2D eigenvalue weighted by atomic mass is 10.1. The first kappa shape index (κ1) is 17.2. The minimum Gasteiger partial charge on any atom is -0.492 e.